The lowest BCUT2D eigenvalue weighted by atomic mass is 9.90. The van der Waals surface area contributed by atoms with E-state index in [0.29, 0.717) is 35.2 Å². The monoisotopic (exact) mass is 362 g/mol. The predicted octanol–water partition coefficient (Wildman–Crippen LogP) is 5.07. The third-order valence-electron chi connectivity index (χ3n) is 5.23. The second kappa shape index (κ2) is 7.78. The maximum absolute atomic E-state index is 12.9. The Balaban J connectivity index is 1.52. The smallest absolute Gasteiger partial charge is 0.235 e. The van der Waals surface area contributed by atoms with E-state index in [-0.39, 0.29) is 11.5 Å². The highest BCUT2D eigenvalue weighted by molar-refractivity contribution is 6.16. The van der Waals surface area contributed by atoms with Crippen LogP contribution in [0.4, 0.5) is 0 Å². The van der Waals surface area contributed by atoms with Crippen LogP contribution in [0.1, 0.15) is 58.4 Å². The van der Waals surface area contributed by atoms with Crippen molar-refractivity contribution in [3.8, 4) is 11.5 Å². The normalized spacial score (nSPS) is 18.2. The summed E-state index contributed by atoms with van der Waals surface area (Å²) < 4.78 is 11.8. The molecule has 1 aliphatic carbocycles. The fourth-order valence-corrected chi connectivity index (χ4v) is 3.71. The molecule has 4 heteroatoms. The first kappa shape index (κ1) is 17.5. The van der Waals surface area contributed by atoms with E-state index in [1.165, 1.54) is 32.1 Å². The van der Waals surface area contributed by atoms with Gasteiger partial charge >= 0.3 is 0 Å². The first-order valence-corrected chi connectivity index (χ1v) is 9.50. The van der Waals surface area contributed by atoms with Crippen LogP contribution in [0.2, 0.25) is 0 Å². The first-order valence-electron chi connectivity index (χ1n) is 9.50. The van der Waals surface area contributed by atoms with Crippen molar-refractivity contribution >= 4 is 18.1 Å². The Kier molecular flexibility index (Phi) is 5.05. The molecule has 0 radical (unpaired) electrons. The molecule has 4 rings (SSSR count). The molecule has 0 N–H and O–H groups in total. The Hall–Kier alpha value is -2.88. The van der Waals surface area contributed by atoms with Crippen LogP contribution in [-0.2, 0) is 0 Å². The molecule has 138 valence electrons. The molecule has 1 aliphatic heterocycles. The average Bonchev–Trinajstić information content (AvgIpc) is 3.04. The maximum atomic E-state index is 12.9. The molecule has 2 aliphatic rings. The molecule has 1 heterocycles. The van der Waals surface area contributed by atoms with E-state index in [1.54, 1.807) is 36.4 Å². The molecular weight excluding hydrogens is 340 g/mol. The number of hydrogen-bond acceptors (Lipinski definition) is 4. The third-order valence-corrected chi connectivity index (χ3v) is 5.23. The molecule has 0 bridgehead atoms. The number of ketones is 1. The van der Waals surface area contributed by atoms with E-state index in [4.69, 9.17) is 9.47 Å². The number of hydrogen-bond donors (Lipinski definition) is 0. The van der Waals surface area contributed by atoms with Crippen LogP contribution in [0.15, 0.2) is 48.2 Å². The second-order valence-corrected chi connectivity index (χ2v) is 7.17. The van der Waals surface area contributed by atoms with Gasteiger partial charge in [-0.1, -0.05) is 49.6 Å². The fourth-order valence-electron chi connectivity index (χ4n) is 3.71. The molecule has 0 atom stereocenters. The highest BCUT2D eigenvalue weighted by atomic mass is 16.5. The summed E-state index contributed by atoms with van der Waals surface area (Å²) >= 11 is 0. The van der Waals surface area contributed by atoms with Crippen molar-refractivity contribution < 1.29 is 19.1 Å². The minimum Gasteiger partial charge on any atom is -0.492 e. The van der Waals surface area contributed by atoms with Gasteiger partial charge in [0, 0.05) is 5.56 Å². The number of aldehydes is 1. The van der Waals surface area contributed by atoms with Gasteiger partial charge in [-0.2, -0.15) is 0 Å². The molecule has 0 saturated heterocycles. The van der Waals surface area contributed by atoms with Gasteiger partial charge in [-0.3, -0.25) is 9.59 Å². The second-order valence-electron chi connectivity index (χ2n) is 7.17. The molecule has 0 amide bonds. The molecule has 0 spiro atoms. The fraction of sp³-hybridized carbons (Fsp3) is 0.304. The Morgan fingerprint density at radius 1 is 1.00 bits per heavy atom. The van der Waals surface area contributed by atoms with Gasteiger partial charge in [-0.25, -0.2) is 0 Å². The Morgan fingerprint density at radius 3 is 2.48 bits per heavy atom. The lowest BCUT2D eigenvalue weighted by Gasteiger charge is -2.22. The first-order chi connectivity index (χ1) is 13.2. The summed E-state index contributed by atoms with van der Waals surface area (Å²) in [6.45, 7) is 0.649. The number of allylic oxidation sites excluding steroid dienone is 1. The minimum atomic E-state index is -0.163. The zero-order valence-electron chi connectivity index (χ0n) is 15.1. The molecule has 0 aromatic heterocycles. The number of carbonyl (C=O) groups excluding carboxylic acids is 2. The summed E-state index contributed by atoms with van der Waals surface area (Å²) in [7, 11) is 0. The van der Waals surface area contributed by atoms with Gasteiger partial charge in [0.2, 0.25) is 5.78 Å². The Bertz CT molecular complexity index is 874. The molecule has 0 unspecified atom stereocenters. The lowest BCUT2D eigenvalue weighted by Crippen LogP contribution is -2.16. The van der Waals surface area contributed by atoms with Crippen molar-refractivity contribution in [2.45, 2.75) is 32.1 Å². The largest absolute Gasteiger partial charge is 0.492 e. The van der Waals surface area contributed by atoms with E-state index in [2.05, 4.69) is 0 Å². The van der Waals surface area contributed by atoms with Crippen molar-refractivity contribution in [3.63, 3.8) is 0 Å². The van der Waals surface area contributed by atoms with Gasteiger partial charge in [-0.05, 0) is 42.5 Å². The predicted molar refractivity (Wildman–Crippen MR) is 103 cm³/mol. The number of Topliss-reactive ketones (excluding diaryl/α,β-unsaturated/α-hetero) is 1. The molecule has 2 aromatic rings. The summed E-state index contributed by atoms with van der Waals surface area (Å²) in [5, 5.41) is 0. The summed E-state index contributed by atoms with van der Waals surface area (Å²) in [6.07, 6.45) is 8.72. The zero-order valence-corrected chi connectivity index (χ0v) is 15.1. The van der Waals surface area contributed by atoms with Crippen LogP contribution < -0.4 is 9.47 Å². The SMILES string of the molecule is O=Cc1ccc(/C=C2\Oc3cccc(OCC4CCCCC4)c3C2=O)cc1. The number of carbonyl (C=O) groups is 2. The average molecular weight is 362 g/mol. The molecule has 1 saturated carbocycles. The van der Waals surface area contributed by atoms with Crippen LogP contribution in [0.5, 0.6) is 11.5 Å². The van der Waals surface area contributed by atoms with E-state index in [0.717, 1.165) is 11.8 Å². The Labute approximate surface area is 158 Å². The summed E-state index contributed by atoms with van der Waals surface area (Å²) in [5.41, 5.74) is 1.91. The highest BCUT2D eigenvalue weighted by Gasteiger charge is 2.31. The van der Waals surface area contributed by atoms with Crippen LogP contribution in [0.3, 0.4) is 0 Å². The highest BCUT2D eigenvalue weighted by Crippen LogP contribution is 2.38. The van der Waals surface area contributed by atoms with Crippen LogP contribution in [0, 0.1) is 5.92 Å². The van der Waals surface area contributed by atoms with Crippen molar-refractivity contribution in [3.05, 3.63) is 64.9 Å². The van der Waals surface area contributed by atoms with Crippen molar-refractivity contribution in [1.29, 1.82) is 0 Å². The van der Waals surface area contributed by atoms with E-state index in [9.17, 15) is 9.59 Å². The van der Waals surface area contributed by atoms with Gasteiger partial charge in [0.15, 0.2) is 5.76 Å². The van der Waals surface area contributed by atoms with Crippen LogP contribution in [-0.4, -0.2) is 18.7 Å². The summed E-state index contributed by atoms with van der Waals surface area (Å²) in [4.78, 5) is 23.6. The zero-order chi connectivity index (χ0) is 18.6. The van der Waals surface area contributed by atoms with Gasteiger partial charge < -0.3 is 9.47 Å². The van der Waals surface area contributed by atoms with Crippen molar-refractivity contribution in [1.82, 2.24) is 0 Å². The van der Waals surface area contributed by atoms with E-state index < -0.39 is 0 Å². The third kappa shape index (κ3) is 3.80. The van der Waals surface area contributed by atoms with Gasteiger partial charge in [0.25, 0.3) is 0 Å². The number of fused-ring (bicyclic) bond motifs is 1. The Morgan fingerprint density at radius 2 is 1.74 bits per heavy atom. The number of ether oxygens (including phenoxy) is 2. The standard InChI is InChI=1S/C23H22O4/c24-14-17-11-9-16(10-12-17)13-21-23(25)22-19(7-4-8-20(22)27-21)26-15-18-5-2-1-3-6-18/h4,7-14,18H,1-3,5-6,15H2/b21-13-. The van der Waals surface area contributed by atoms with E-state index in [1.807, 2.05) is 12.1 Å². The number of rotatable bonds is 5. The number of benzene rings is 2. The van der Waals surface area contributed by atoms with Gasteiger partial charge in [0.1, 0.15) is 23.3 Å². The maximum Gasteiger partial charge on any atom is 0.235 e. The van der Waals surface area contributed by atoms with Gasteiger partial charge in [0.05, 0.1) is 6.61 Å². The molecule has 1 fully saturated rings. The minimum absolute atomic E-state index is 0.163. The van der Waals surface area contributed by atoms with Crippen LogP contribution >= 0.6 is 0 Å². The van der Waals surface area contributed by atoms with Gasteiger partial charge in [-0.15, -0.1) is 0 Å². The lowest BCUT2D eigenvalue weighted by molar-refractivity contribution is 0.101. The molecular formula is C23H22O4. The summed E-state index contributed by atoms with van der Waals surface area (Å²) in [5.74, 6) is 1.82. The topological polar surface area (TPSA) is 52.6 Å². The van der Waals surface area contributed by atoms with Crippen molar-refractivity contribution in [2.24, 2.45) is 5.92 Å². The summed E-state index contributed by atoms with van der Waals surface area (Å²) in [6, 6.07) is 12.5. The van der Waals surface area contributed by atoms with Crippen molar-refractivity contribution in [2.75, 3.05) is 6.61 Å². The molecule has 27 heavy (non-hydrogen) atoms. The molecule has 4 nitrogen and oxygen atoms in total. The molecule has 2 aromatic carbocycles. The quantitative estimate of drug-likeness (QED) is 0.550. The van der Waals surface area contributed by atoms with Crippen LogP contribution in [0.25, 0.3) is 6.08 Å². The van der Waals surface area contributed by atoms with E-state index >= 15 is 0 Å².